The average molecular weight is 278 g/mol. The Morgan fingerprint density at radius 2 is 1.95 bits per heavy atom. The number of hydrogen-bond acceptors (Lipinski definition) is 4. The summed E-state index contributed by atoms with van der Waals surface area (Å²) in [4.78, 5) is 15.9. The normalized spacial score (nSPS) is 18.8. The van der Waals surface area contributed by atoms with E-state index in [0.717, 1.165) is 43.1 Å². The first-order chi connectivity index (χ1) is 9.52. The van der Waals surface area contributed by atoms with Crippen molar-refractivity contribution in [2.24, 2.45) is 0 Å². The van der Waals surface area contributed by atoms with Crippen molar-refractivity contribution in [2.45, 2.75) is 13.0 Å². The molecule has 1 saturated heterocycles. The molecule has 5 nitrogen and oxygen atoms in total. The van der Waals surface area contributed by atoms with E-state index in [-0.39, 0.29) is 0 Å². The Hall–Kier alpha value is -1.59. The number of benzene rings is 1. The Morgan fingerprint density at radius 3 is 2.45 bits per heavy atom. The van der Waals surface area contributed by atoms with Crippen LogP contribution in [0.3, 0.4) is 0 Å². The van der Waals surface area contributed by atoms with Crippen LogP contribution in [0.15, 0.2) is 18.2 Å². The fraction of sp³-hybridized carbons (Fsp3) is 0.533. The number of rotatable bonds is 4. The summed E-state index contributed by atoms with van der Waals surface area (Å²) >= 11 is 0. The molecule has 5 heteroatoms. The molecule has 1 unspecified atom stereocenters. The van der Waals surface area contributed by atoms with Crippen LogP contribution in [-0.2, 0) is 4.79 Å². The SMILES string of the molecule is COc1ccc(C(C(=O)O)N2CCN(C)CC2)cc1C. The standard InChI is InChI=1S/C15H22N2O3/c1-11-10-12(4-5-13(11)20-3)14(15(18)19)17-8-6-16(2)7-9-17/h4-5,10,14H,6-9H2,1-3H3,(H,18,19). The number of carboxylic acid groups (broad SMARTS) is 1. The summed E-state index contributed by atoms with van der Waals surface area (Å²) in [6, 6.07) is 5.03. The molecule has 1 aliphatic rings. The molecule has 1 aliphatic heterocycles. The lowest BCUT2D eigenvalue weighted by Gasteiger charge is -2.36. The molecule has 2 rings (SSSR count). The number of carboxylic acids is 1. The summed E-state index contributed by atoms with van der Waals surface area (Å²) in [7, 11) is 3.68. The second kappa shape index (κ2) is 6.24. The summed E-state index contributed by atoms with van der Waals surface area (Å²) in [6.45, 7) is 5.29. The van der Waals surface area contributed by atoms with Crippen LogP contribution in [0.5, 0.6) is 5.75 Å². The highest BCUT2D eigenvalue weighted by atomic mass is 16.5. The van der Waals surface area contributed by atoms with Gasteiger partial charge < -0.3 is 14.7 Å². The van der Waals surface area contributed by atoms with Crippen molar-refractivity contribution < 1.29 is 14.6 Å². The van der Waals surface area contributed by atoms with Gasteiger partial charge in [0.2, 0.25) is 0 Å². The number of methoxy groups -OCH3 is 1. The zero-order chi connectivity index (χ0) is 14.7. The minimum atomic E-state index is -0.792. The van der Waals surface area contributed by atoms with E-state index < -0.39 is 12.0 Å². The topological polar surface area (TPSA) is 53.0 Å². The van der Waals surface area contributed by atoms with E-state index in [2.05, 4.69) is 11.9 Å². The van der Waals surface area contributed by atoms with Gasteiger partial charge in [0.1, 0.15) is 11.8 Å². The minimum Gasteiger partial charge on any atom is -0.496 e. The fourth-order valence-electron chi connectivity index (χ4n) is 2.66. The van der Waals surface area contributed by atoms with Gasteiger partial charge >= 0.3 is 5.97 Å². The Kier molecular flexibility index (Phi) is 4.62. The van der Waals surface area contributed by atoms with Crippen LogP contribution in [0.2, 0.25) is 0 Å². The molecule has 1 atom stereocenters. The molecule has 1 heterocycles. The summed E-state index contributed by atoms with van der Waals surface area (Å²) in [6.07, 6.45) is 0. The molecule has 0 amide bonds. The van der Waals surface area contributed by atoms with E-state index >= 15 is 0 Å². The van der Waals surface area contributed by atoms with Crippen LogP contribution < -0.4 is 4.74 Å². The second-order valence-corrected chi connectivity index (χ2v) is 5.31. The first-order valence-electron chi connectivity index (χ1n) is 6.83. The van der Waals surface area contributed by atoms with E-state index in [1.807, 2.05) is 30.0 Å². The molecule has 1 aromatic rings. The van der Waals surface area contributed by atoms with Gasteiger partial charge in [-0.25, -0.2) is 0 Å². The molecule has 1 fully saturated rings. The number of nitrogens with zero attached hydrogens (tertiary/aromatic N) is 2. The molecule has 1 aromatic carbocycles. The van der Waals surface area contributed by atoms with Gasteiger partial charge in [-0.2, -0.15) is 0 Å². The van der Waals surface area contributed by atoms with E-state index in [0.29, 0.717) is 0 Å². The van der Waals surface area contributed by atoms with Gasteiger partial charge in [0.15, 0.2) is 0 Å². The van der Waals surface area contributed by atoms with Crippen LogP contribution >= 0.6 is 0 Å². The van der Waals surface area contributed by atoms with Crippen molar-refractivity contribution >= 4 is 5.97 Å². The van der Waals surface area contributed by atoms with E-state index in [9.17, 15) is 9.90 Å². The van der Waals surface area contributed by atoms with Crippen LogP contribution in [0.1, 0.15) is 17.2 Å². The predicted octanol–water partition coefficient (Wildman–Crippen LogP) is 1.38. The van der Waals surface area contributed by atoms with Gasteiger partial charge in [0.25, 0.3) is 0 Å². The highest BCUT2D eigenvalue weighted by Crippen LogP contribution is 2.27. The third-order valence-corrected chi connectivity index (χ3v) is 3.87. The van der Waals surface area contributed by atoms with E-state index in [4.69, 9.17) is 4.74 Å². The molecular formula is C15H22N2O3. The maximum atomic E-state index is 11.7. The Morgan fingerprint density at radius 1 is 1.30 bits per heavy atom. The molecule has 0 aromatic heterocycles. The fourth-order valence-corrected chi connectivity index (χ4v) is 2.66. The van der Waals surface area contributed by atoms with Crippen molar-refractivity contribution in [2.75, 3.05) is 40.3 Å². The lowest BCUT2D eigenvalue weighted by atomic mass is 10.0. The van der Waals surface area contributed by atoms with Gasteiger partial charge in [-0.3, -0.25) is 9.69 Å². The minimum absolute atomic E-state index is 0.576. The lowest BCUT2D eigenvalue weighted by Crippen LogP contribution is -2.47. The molecule has 0 saturated carbocycles. The quantitative estimate of drug-likeness (QED) is 0.901. The molecule has 20 heavy (non-hydrogen) atoms. The Labute approximate surface area is 119 Å². The van der Waals surface area contributed by atoms with Crippen molar-refractivity contribution in [1.29, 1.82) is 0 Å². The average Bonchev–Trinajstić information content (AvgIpc) is 2.41. The van der Waals surface area contributed by atoms with Gasteiger partial charge in [-0.05, 0) is 31.2 Å². The van der Waals surface area contributed by atoms with Crippen LogP contribution in [-0.4, -0.2) is 61.2 Å². The van der Waals surface area contributed by atoms with Crippen molar-refractivity contribution in [3.63, 3.8) is 0 Å². The maximum Gasteiger partial charge on any atom is 0.325 e. The number of hydrogen-bond donors (Lipinski definition) is 1. The Balaban J connectivity index is 2.24. The van der Waals surface area contributed by atoms with E-state index in [1.165, 1.54) is 0 Å². The van der Waals surface area contributed by atoms with Gasteiger partial charge in [0, 0.05) is 26.2 Å². The van der Waals surface area contributed by atoms with Gasteiger partial charge in [-0.1, -0.05) is 12.1 Å². The van der Waals surface area contributed by atoms with Crippen molar-refractivity contribution in [1.82, 2.24) is 9.80 Å². The third-order valence-electron chi connectivity index (χ3n) is 3.87. The molecule has 0 radical (unpaired) electrons. The largest absolute Gasteiger partial charge is 0.496 e. The van der Waals surface area contributed by atoms with Gasteiger partial charge in [-0.15, -0.1) is 0 Å². The first kappa shape index (κ1) is 14.8. The van der Waals surface area contributed by atoms with Crippen molar-refractivity contribution in [3.8, 4) is 5.75 Å². The second-order valence-electron chi connectivity index (χ2n) is 5.31. The first-order valence-corrected chi connectivity index (χ1v) is 6.83. The van der Waals surface area contributed by atoms with Crippen LogP contribution in [0.25, 0.3) is 0 Å². The summed E-state index contributed by atoms with van der Waals surface area (Å²) < 4.78 is 5.23. The zero-order valence-corrected chi connectivity index (χ0v) is 12.3. The van der Waals surface area contributed by atoms with E-state index in [1.54, 1.807) is 7.11 Å². The maximum absolute atomic E-state index is 11.7. The highest BCUT2D eigenvalue weighted by Gasteiger charge is 2.29. The number of piperazine rings is 1. The Bertz CT molecular complexity index is 482. The van der Waals surface area contributed by atoms with Crippen LogP contribution in [0.4, 0.5) is 0 Å². The third kappa shape index (κ3) is 3.11. The number of aliphatic carboxylic acids is 1. The molecule has 110 valence electrons. The summed E-state index contributed by atoms with van der Waals surface area (Å²) in [5.74, 6) is -0.00427. The molecule has 0 spiro atoms. The zero-order valence-electron chi connectivity index (χ0n) is 12.3. The molecular weight excluding hydrogens is 256 g/mol. The smallest absolute Gasteiger partial charge is 0.325 e. The summed E-state index contributed by atoms with van der Waals surface area (Å²) in [5.41, 5.74) is 1.78. The number of carbonyl (C=O) groups is 1. The molecule has 1 N–H and O–H groups in total. The number of likely N-dealkylation sites (N-methyl/N-ethyl adjacent to an activating group) is 1. The van der Waals surface area contributed by atoms with Gasteiger partial charge in [0.05, 0.1) is 7.11 Å². The molecule has 0 bridgehead atoms. The molecule has 0 aliphatic carbocycles. The lowest BCUT2D eigenvalue weighted by molar-refractivity contribution is -0.144. The van der Waals surface area contributed by atoms with Crippen molar-refractivity contribution in [3.05, 3.63) is 29.3 Å². The summed E-state index contributed by atoms with van der Waals surface area (Å²) in [5, 5.41) is 9.58. The number of aryl methyl sites for hydroxylation is 1. The number of ether oxygens (including phenoxy) is 1. The van der Waals surface area contributed by atoms with Crippen LogP contribution in [0, 0.1) is 6.92 Å². The predicted molar refractivity (Wildman–Crippen MR) is 77.2 cm³/mol. The monoisotopic (exact) mass is 278 g/mol. The highest BCUT2D eigenvalue weighted by molar-refractivity contribution is 5.75.